The highest BCUT2D eigenvalue weighted by Crippen LogP contribution is 2.61. The molecule has 0 amide bonds. The lowest BCUT2D eigenvalue weighted by Gasteiger charge is -2.51. The van der Waals surface area contributed by atoms with Gasteiger partial charge >= 0.3 is 11.9 Å². The van der Waals surface area contributed by atoms with Gasteiger partial charge in [0.15, 0.2) is 0 Å². The molecular weight excluding hydrogens is 284 g/mol. The molecule has 0 aromatic heterocycles. The molecule has 4 rings (SSSR count). The van der Waals surface area contributed by atoms with E-state index in [0.29, 0.717) is 12.0 Å². The minimum Gasteiger partial charge on any atom is -0.459 e. The minimum atomic E-state index is -0.313. The predicted molar refractivity (Wildman–Crippen MR) is 76.7 cm³/mol. The molecule has 4 fully saturated rings. The van der Waals surface area contributed by atoms with E-state index in [9.17, 15) is 9.59 Å². The van der Waals surface area contributed by atoms with Crippen LogP contribution >= 0.6 is 0 Å². The highest BCUT2D eigenvalue weighted by atomic mass is 16.6. The quantitative estimate of drug-likeness (QED) is 0.320. The fourth-order valence-electron chi connectivity index (χ4n) is 4.74. The molecule has 0 unspecified atom stereocenters. The van der Waals surface area contributed by atoms with Crippen LogP contribution in [0, 0.1) is 17.3 Å². The summed E-state index contributed by atoms with van der Waals surface area (Å²) in [7, 11) is 0. The summed E-state index contributed by atoms with van der Waals surface area (Å²) in [6.07, 6.45) is 0.798. The van der Waals surface area contributed by atoms with Crippen molar-refractivity contribution >= 4 is 11.9 Å². The molecule has 0 N–H and O–H groups in total. The van der Waals surface area contributed by atoms with E-state index in [4.69, 9.17) is 14.2 Å². The molecule has 5 heteroatoms. The van der Waals surface area contributed by atoms with E-state index in [0.717, 1.165) is 12.0 Å². The van der Waals surface area contributed by atoms with Gasteiger partial charge in [-0.15, -0.1) is 0 Å². The van der Waals surface area contributed by atoms with Crippen LogP contribution in [0.2, 0.25) is 0 Å². The first-order valence-electron chi connectivity index (χ1n) is 7.74. The van der Waals surface area contributed by atoms with Crippen molar-refractivity contribution < 1.29 is 23.8 Å². The van der Waals surface area contributed by atoms with Gasteiger partial charge in [0.25, 0.3) is 0 Å². The Balaban J connectivity index is 1.70. The van der Waals surface area contributed by atoms with Gasteiger partial charge < -0.3 is 14.2 Å². The first-order valence-corrected chi connectivity index (χ1v) is 7.74. The second-order valence-electron chi connectivity index (χ2n) is 7.20. The highest BCUT2D eigenvalue weighted by Gasteiger charge is 2.67. The largest absolute Gasteiger partial charge is 0.459 e. The van der Waals surface area contributed by atoms with Crippen molar-refractivity contribution in [3.63, 3.8) is 0 Å². The fraction of sp³-hybridized carbons (Fsp3) is 0.647. The van der Waals surface area contributed by atoms with E-state index in [1.807, 2.05) is 0 Å². The van der Waals surface area contributed by atoms with E-state index in [2.05, 4.69) is 20.1 Å². The lowest BCUT2D eigenvalue weighted by atomic mass is 9.54. The molecule has 0 aromatic rings. The number of hydrogen-bond acceptors (Lipinski definition) is 5. The van der Waals surface area contributed by atoms with Crippen molar-refractivity contribution in [2.75, 3.05) is 0 Å². The smallest absolute Gasteiger partial charge is 0.334 e. The zero-order chi connectivity index (χ0) is 15.8. The summed E-state index contributed by atoms with van der Waals surface area (Å²) < 4.78 is 16.8. The van der Waals surface area contributed by atoms with Gasteiger partial charge in [-0.1, -0.05) is 20.1 Å². The zero-order valence-electron chi connectivity index (χ0n) is 12.8. The molecule has 2 saturated heterocycles. The number of carbonyl (C=O) groups excluding carboxylic acids is 2. The Hall–Kier alpha value is -1.62. The molecular formula is C17H20O5. The van der Waals surface area contributed by atoms with Crippen molar-refractivity contribution in [1.29, 1.82) is 0 Å². The molecule has 2 aliphatic heterocycles. The summed E-state index contributed by atoms with van der Waals surface area (Å²) in [6.45, 7) is 11.6. The maximum Gasteiger partial charge on any atom is 0.334 e. The molecule has 2 heterocycles. The topological polar surface area (TPSA) is 65.1 Å². The van der Waals surface area contributed by atoms with Gasteiger partial charge in [-0.25, -0.2) is 4.79 Å². The fourth-order valence-corrected chi connectivity index (χ4v) is 4.74. The van der Waals surface area contributed by atoms with E-state index in [1.54, 1.807) is 0 Å². The summed E-state index contributed by atoms with van der Waals surface area (Å²) in [5, 5.41) is 0. The van der Waals surface area contributed by atoms with Gasteiger partial charge in [-0.2, -0.15) is 0 Å². The van der Waals surface area contributed by atoms with Crippen LogP contribution < -0.4 is 0 Å². The average Bonchev–Trinajstić information content (AvgIpc) is 3.17. The van der Waals surface area contributed by atoms with Crippen LogP contribution in [0.4, 0.5) is 0 Å². The Morgan fingerprint density at radius 2 is 2.14 bits per heavy atom. The van der Waals surface area contributed by atoms with Crippen LogP contribution in [0.5, 0.6) is 0 Å². The molecule has 7 atom stereocenters. The number of hydrogen-bond donors (Lipinski definition) is 0. The van der Waals surface area contributed by atoms with Crippen LogP contribution in [-0.4, -0.2) is 36.4 Å². The van der Waals surface area contributed by atoms with E-state index in [1.165, 1.54) is 6.92 Å². The van der Waals surface area contributed by atoms with Crippen molar-refractivity contribution in [3.05, 3.63) is 24.3 Å². The van der Waals surface area contributed by atoms with Gasteiger partial charge in [0.2, 0.25) is 0 Å². The predicted octanol–water partition coefficient (Wildman–Crippen LogP) is 1.77. The Bertz CT molecular complexity index is 608. The number of esters is 2. The second kappa shape index (κ2) is 4.22. The van der Waals surface area contributed by atoms with Gasteiger partial charge in [-0.05, 0) is 24.3 Å². The molecule has 2 aliphatic carbocycles. The Kier molecular flexibility index (Phi) is 2.69. The van der Waals surface area contributed by atoms with Crippen LogP contribution in [-0.2, 0) is 23.8 Å². The van der Waals surface area contributed by atoms with Gasteiger partial charge in [-0.3, -0.25) is 4.79 Å². The zero-order valence-corrected chi connectivity index (χ0v) is 12.8. The van der Waals surface area contributed by atoms with Crippen LogP contribution in [0.1, 0.15) is 26.7 Å². The third kappa shape index (κ3) is 1.69. The Morgan fingerprint density at radius 3 is 2.82 bits per heavy atom. The number of ether oxygens (including phenoxy) is 3. The maximum absolute atomic E-state index is 11.8. The molecule has 5 nitrogen and oxygen atoms in total. The summed E-state index contributed by atoms with van der Waals surface area (Å²) in [5.41, 5.74) is 1.30. The number of fused-ring (bicyclic) bond motifs is 3. The molecule has 0 radical (unpaired) electrons. The van der Waals surface area contributed by atoms with E-state index >= 15 is 0 Å². The van der Waals surface area contributed by atoms with Crippen LogP contribution in [0.15, 0.2) is 24.3 Å². The van der Waals surface area contributed by atoms with Gasteiger partial charge in [0, 0.05) is 23.8 Å². The Labute approximate surface area is 129 Å². The SMILES string of the molecule is C=C1C(=O)O[C@@H]2C[C@]3(C)[C@@H](C[C@H]12)C(=C)[C@@H]1O[C@@H]1[C@@H]3OC(C)=O. The van der Waals surface area contributed by atoms with Gasteiger partial charge in [0.1, 0.15) is 24.4 Å². The maximum atomic E-state index is 11.8. The molecule has 0 bridgehead atoms. The van der Waals surface area contributed by atoms with E-state index < -0.39 is 0 Å². The van der Waals surface area contributed by atoms with Crippen molar-refractivity contribution in [2.45, 2.75) is 51.1 Å². The average molecular weight is 304 g/mol. The summed E-state index contributed by atoms with van der Waals surface area (Å²) in [6, 6.07) is 0. The normalized spacial score (nSPS) is 48.9. The van der Waals surface area contributed by atoms with Crippen molar-refractivity contribution in [1.82, 2.24) is 0 Å². The number of carbonyl (C=O) groups is 2. The summed E-state index contributed by atoms with van der Waals surface area (Å²) in [5.74, 6) is -0.418. The Morgan fingerprint density at radius 1 is 1.41 bits per heavy atom. The number of rotatable bonds is 1. The van der Waals surface area contributed by atoms with Crippen molar-refractivity contribution in [2.24, 2.45) is 17.3 Å². The molecule has 0 aromatic carbocycles. The monoisotopic (exact) mass is 304 g/mol. The third-order valence-corrected chi connectivity index (χ3v) is 5.92. The minimum absolute atomic E-state index is 0.0229. The van der Waals surface area contributed by atoms with Crippen LogP contribution in [0.25, 0.3) is 0 Å². The molecule has 22 heavy (non-hydrogen) atoms. The standard InChI is InChI=1S/C17H20O5/c1-7-10-5-11-8(2)13-14(22-13)15(20-9(3)18)17(11,4)6-12(10)21-16(7)19/h10-15H,1-2,5-6H2,3-4H3/t10-,11+,12-,13+,14+,15+,17-/m1/s1. The first kappa shape index (κ1) is 14.0. The molecule has 0 spiro atoms. The van der Waals surface area contributed by atoms with Crippen LogP contribution in [0.3, 0.4) is 0 Å². The first-order chi connectivity index (χ1) is 10.3. The molecule has 118 valence electrons. The highest BCUT2D eigenvalue weighted by molar-refractivity contribution is 5.90. The number of epoxide rings is 1. The van der Waals surface area contributed by atoms with E-state index in [-0.39, 0.29) is 53.6 Å². The summed E-state index contributed by atoms with van der Waals surface area (Å²) >= 11 is 0. The van der Waals surface area contributed by atoms with Crippen molar-refractivity contribution in [3.8, 4) is 0 Å². The lowest BCUT2D eigenvalue weighted by molar-refractivity contribution is -0.167. The molecule has 2 saturated carbocycles. The lowest BCUT2D eigenvalue weighted by Crippen LogP contribution is -2.55. The second-order valence-corrected chi connectivity index (χ2v) is 7.20. The van der Waals surface area contributed by atoms with Gasteiger partial charge in [0.05, 0.1) is 0 Å². The molecule has 4 aliphatic rings. The third-order valence-electron chi connectivity index (χ3n) is 5.92. The summed E-state index contributed by atoms with van der Waals surface area (Å²) in [4.78, 5) is 23.3.